The first-order chi connectivity index (χ1) is 5.60. The highest BCUT2D eigenvalue weighted by atomic mass is 32.2. The van der Waals surface area contributed by atoms with E-state index >= 15 is 0 Å². The van der Waals surface area contributed by atoms with E-state index in [4.69, 9.17) is 0 Å². The van der Waals surface area contributed by atoms with E-state index in [1.165, 1.54) is 0 Å². The van der Waals surface area contributed by atoms with E-state index < -0.39 is 9.84 Å². The van der Waals surface area contributed by atoms with E-state index in [2.05, 4.69) is 6.58 Å². The van der Waals surface area contributed by atoms with Gasteiger partial charge in [0.15, 0.2) is 9.84 Å². The van der Waals surface area contributed by atoms with E-state index in [0.717, 1.165) is 37.7 Å². The summed E-state index contributed by atoms with van der Waals surface area (Å²) in [5, 5.41) is -0.171. The van der Waals surface area contributed by atoms with Gasteiger partial charge in [-0.1, -0.05) is 18.6 Å². The molecule has 0 saturated carbocycles. The van der Waals surface area contributed by atoms with Crippen LogP contribution in [0.25, 0.3) is 0 Å². The van der Waals surface area contributed by atoms with E-state index in [0.29, 0.717) is 0 Å². The molecule has 0 N–H and O–H groups in total. The lowest BCUT2D eigenvalue weighted by molar-refractivity contribution is 0.474. The van der Waals surface area contributed by atoms with Crippen LogP contribution in [0.15, 0.2) is 12.2 Å². The van der Waals surface area contributed by atoms with Crippen molar-refractivity contribution in [2.24, 2.45) is 0 Å². The van der Waals surface area contributed by atoms with E-state index in [1.54, 1.807) is 0 Å². The van der Waals surface area contributed by atoms with Crippen molar-refractivity contribution >= 4 is 9.84 Å². The Balaban J connectivity index is 2.36. The van der Waals surface area contributed by atoms with Crippen LogP contribution < -0.4 is 0 Å². The lowest BCUT2D eigenvalue weighted by Crippen LogP contribution is -2.40. The maximum absolute atomic E-state index is 11.7. The first-order valence-electron chi connectivity index (χ1n) is 4.50. The highest BCUT2D eigenvalue weighted by Crippen LogP contribution is 2.38. The van der Waals surface area contributed by atoms with Gasteiger partial charge in [-0.05, 0) is 25.7 Å². The molecule has 0 aromatic rings. The molecule has 2 aliphatic heterocycles. The average Bonchev–Trinajstić information content (AvgIpc) is 1.92. The zero-order valence-electron chi connectivity index (χ0n) is 7.12. The Kier molecular flexibility index (Phi) is 1.79. The Hall–Kier alpha value is -0.310. The lowest BCUT2D eigenvalue weighted by atomic mass is 9.95. The summed E-state index contributed by atoms with van der Waals surface area (Å²) < 4.78 is 23.4. The molecule has 2 nitrogen and oxygen atoms in total. The number of fused-ring (bicyclic) bond motifs is 2. The molecule has 2 saturated heterocycles. The summed E-state index contributed by atoms with van der Waals surface area (Å²) in [4.78, 5) is 0. The molecule has 2 heterocycles. The van der Waals surface area contributed by atoms with Gasteiger partial charge in [0.1, 0.15) is 0 Å². The van der Waals surface area contributed by atoms with Gasteiger partial charge >= 0.3 is 0 Å². The smallest absolute Gasteiger partial charge is 0.156 e. The average molecular weight is 186 g/mol. The van der Waals surface area contributed by atoms with Gasteiger partial charge < -0.3 is 0 Å². The van der Waals surface area contributed by atoms with Gasteiger partial charge in [-0.2, -0.15) is 0 Å². The Morgan fingerprint density at radius 1 is 1.17 bits per heavy atom. The minimum Gasteiger partial charge on any atom is -0.228 e. The standard InChI is InChI=1S/C9H14O2S/c1-7-5-8-3-2-4-9(6-7)12(8,10)11/h8-9H,1-6H2. The SMILES string of the molecule is C=C1CC2CCCC(C1)S2(=O)=O. The van der Waals surface area contributed by atoms with Gasteiger partial charge in [-0.25, -0.2) is 8.42 Å². The Labute approximate surface area is 73.6 Å². The third-order valence-corrected chi connectivity index (χ3v) is 5.68. The second-order valence-electron chi connectivity index (χ2n) is 3.92. The number of allylic oxidation sites excluding steroid dienone is 1. The third kappa shape index (κ3) is 1.11. The molecule has 2 rings (SSSR count). The molecule has 0 amide bonds. The van der Waals surface area contributed by atoms with Crippen LogP contribution in [0, 0.1) is 0 Å². The van der Waals surface area contributed by atoms with Crippen LogP contribution in [0.3, 0.4) is 0 Å². The molecule has 68 valence electrons. The third-order valence-electron chi connectivity index (χ3n) is 3.01. The van der Waals surface area contributed by atoms with Crippen LogP contribution in [0.4, 0.5) is 0 Å². The molecule has 0 aromatic heterocycles. The van der Waals surface area contributed by atoms with Crippen LogP contribution in [0.5, 0.6) is 0 Å². The summed E-state index contributed by atoms with van der Waals surface area (Å²) in [7, 11) is -2.76. The fraction of sp³-hybridized carbons (Fsp3) is 0.778. The maximum atomic E-state index is 11.7. The van der Waals surface area contributed by atoms with Gasteiger partial charge in [0.25, 0.3) is 0 Å². The molecule has 0 aromatic carbocycles. The van der Waals surface area contributed by atoms with Crippen molar-refractivity contribution in [3.05, 3.63) is 12.2 Å². The predicted molar refractivity (Wildman–Crippen MR) is 48.7 cm³/mol. The summed E-state index contributed by atoms with van der Waals surface area (Å²) in [6.07, 6.45) is 4.25. The van der Waals surface area contributed by atoms with Crippen LogP contribution in [0.2, 0.25) is 0 Å². The van der Waals surface area contributed by atoms with Gasteiger partial charge in [0, 0.05) is 0 Å². The van der Waals surface area contributed by atoms with Crippen LogP contribution in [-0.2, 0) is 9.84 Å². The number of hydrogen-bond donors (Lipinski definition) is 0. The fourth-order valence-corrected chi connectivity index (χ4v) is 4.81. The molecular weight excluding hydrogens is 172 g/mol. The lowest BCUT2D eigenvalue weighted by Gasteiger charge is -2.35. The van der Waals surface area contributed by atoms with Crippen molar-refractivity contribution in [3.63, 3.8) is 0 Å². The van der Waals surface area contributed by atoms with Crippen molar-refractivity contribution in [3.8, 4) is 0 Å². The molecule has 0 radical (unpaired) electrons. The highest BCUT2D eigenvalue weighted by Gasteiger charge is 2.41. The molecule has 3 heteroatoms. The van der Waals surface area contributed by atoms with Crippen molar-refractivity contribution in [2.45, 2.75) is 42.6 Å². The first kappa shape index (κ1) is 8.30. The van der Waals surface area contributed by atoms with Crippen molar-refractivity contribution in [1.82, 2.24) is 0 Å². The zero-order valence-corrected chi connectivity index (χ0v) is 7.94. The number of hydrogen-bond acceptors (Lipinski definition) is 2. The van der Waals surface area contributed by atoms with Gasteiger partial charge in [0.2, 0.25) is 0 Å². The topological polar surface area (TPSA) is 34.1 Å². The molecule has 12 heavy (non-hydrogen) atoms. The predicted octanol–water partition coefficient (Wildman–Crippen LogP) is 1.67. The summed E-state index contributed by atoms with van der Waals surface area (Å²) in [5.74, 6) is 0. The molecular formula is C9H14O2S. The van der Waals surface area contributed by atoms with Crippen molar-refractivity contribution in [1.29, 1.82) is 0 Å². The van der Waals surface area contributed by atoms with E-state index in [-0.39, 0.29) is 10.5 Å². The molecule has 0 spiro atoms. The first-order valence-corrected chi connectivity index (χ1v) is 6.11. The normalized spacial score (nSPS) is 39.5. The zero-order chi connectivity index (χ0) is 8.77. The second kappa shape index (κ2) is 2.59. The Bertz CT molecular complexity index is 280. The maximum Gasteiger partial charge on any atom is 0.156 e. The van der Waals surface area contributed by atoms with Gasteiger partial charge in [0.05, 0.1) is 10.5 Å². The molecule has 2 aliphatic rings. The Morgan fingerprint density at radius 2 is 1.67 bits per heavy atom. The van der Waals surface area contributed by atoms with E-state index in [1.807, 2.05) is 0 Å². The van der Waals surface area contributed by atoms with Crippen LogP contribution in [-0.4, -0.2) is 18.9 Å². The van der Waals surface area contributed by atoms with Crippen LogP contribution >= 0.6 is 0 Å². The number of sulfone groups is 1. The molecule has 2 fully saturated rings. The molecule has 2 atom stereocenters. The quantitative estimate of drug-likeness (QED) is 0.539. The van der Waals surface area contributed by atoms with Gasteiger partial charge in [-0.3, -0.25) is 0 Å². The molecule has 0 aliphatic carbocycles. The van der Waals surface area contributed by atoms with Crippen molar-refractivity contribution in [2.75, 3.05) is 0 Å². The minimum atomic E-state index is -2.76. The largest absolute Gasteiger partial charge is 0.228 e. The molecule has 2 bridgehead atoms. The van der Waals surface area contributed by atoms with Crippen molar-refractivity contribution < 1.29 is 8.42 Å². The minimum absolute atomic E-state index is 0.0856. The second-order valence-corrected chi connectivity index (χ2v) is 6.43. The molecule has 2 unspecified atom stereocenters. The van der Waals surface area contributed by atoms with Gasteiger partial charge in [-0.15, -0.1) is 0 Å². The number of rotatable bonds is 0. The summed E-state index contributed by atoms with van der Waals surface area (Å²) in [6, 6.07) is 0. The Morgan fingerprint density at radius 3 is 2.17 bits per heavy atom. The highest BCUT2D eigenvalue weighted by molar-refractivity contribution is 7.92. The van der Waals surface area contributed by atoms with E-state index in [9.17, 15) is 8.42 Å². The fourth-order valence-electron chi connectivity index (χ4n) is 2.34. The monoisotopic (exact) mass is 186 g/mol. The van der Waals surface area contributed by atoms with Crippen LogP contribution in [0.1, 0.15) is 32.1 Å². The summed E-state index contributed by atoms with van der Waals surface area (Å²) >= 11 is 0. The summed E-state index contributed by atoms with van der Waals surface area (Å²) in [5.41, 5.74) is 1.14. The summed E-state index contributed by atoms with van der Waals surface area (Å²) in [6.45, 7) is 3.90.